The van der Waals surface area contributed by atoms with Gasteiger partial charge in [-0.15, -0.1) is 0 Å². The molecule has 1 atom stereocenters. The van der Waals surface area contributed by atoms with Crippen molar-refractivity contribution in [2.75, 3.05) is 19.6 Å². The zero-order valence-corrected chi connectivity index (χ0v) is 12.1. The molecule has 0 saturated carbocycles. The van der Waals surface area contributed by atoms with E-state index in [9.17, 15) is 9.59 Å². The highest BCUT2D eigenvalue weighted by Crippen LogP contribution is 2.08. The summed E-state index contributed by atoms with van der Waals surface area (Å²) in [5.74, 6) is 0.482. The maximum Gasteiger partial charge on any atom is 0.237 e. The van der Waals surface area contributed by atoms with E-state index < -0.39 is 0 Å². The number of carbonyl (C=O) groups is 2. The van der Waals surface area contributed by atoms with Crippen LogP contribution in [0.3, 0.4) is 0 Å². The third-order valence-corrected chi connectivity index (χ3v) is 3.24. The first kappa shape index (κ1) is 16.0. The van der Waals surface area contributed by atoms with E-state index in [-0.39, 0.29) is 17.9 Å². The number of hydrogen-bond acceptors (Lipinski definition) is 3. The topological polar surface area (TPSA) is 70.2 Å². The van der Waals surface area contributed by atoms with Crippen LogP contribution in [0, 0.1) is 5.92 Å². The van der Waals surface area contributed by atoms with Crippen LogP contribution >= 0.6 is 0 Å². The average molecular weight is 269 g/mol. The van der Waals surface area contributed by atoms with Crippen molar-refractivity contribution in [3.05, 3.63) is 0 Å². The molecule has 0 aliphatic carbocycles. The minimum atomic E-state index is -0.0822. The summed E-state index contributed by atoms with van der Waals surface area (Å²) >= 11 is 0. The Hall–Kier alpha value is -1.10. The fourth-order valence-electron chi connectivity index (χ4n) is 2.08. The molecule has 110 valence electrons. The minimum absolute atomic E-state index is 0.00262. The van der Waals surface area contributed by atoms with Crippen LogP contribution in [0.15, 0.2) is 0 Å². The number of carbonyl (C=O) groups excluding carboxylic acids is 2. The highest BCUT2D eigenvalue weighted by Gasteiger charge is 2.18. The van der Waals surface area contributed by atoms with Gasteiger partial charge in [0.1, 0.15) is 0 Å². The van der Waals surface area contributed by atoms with E-state index in [2.05, 4.69) is 29.8 Å². The zero-order chi connectivity index (χ0) is 14.1. The molecule has 5 nitrogen and oxygen atoms in total. The predicted octanol–water partition coefficient (Wildman–Crippen LogP) is 0.797. The Bertz CT molecular complexity index is 284. The van der Waals surface area contributed by atoms with Crippen molar-refractivity contribution in [1.29, 1.82) is 0 Å². The standard InChI is InChI=1S/C14H27N3O2/c1-11(2)10-17-13(18)7-9-16-14(19)12-6-4-3-5-8-15-12/h11-12,15H,3-10H2,1-2H3,(H,16,19)(H,17,18). The van der Waals surface area contributed by atoms with Crippen molar-refractivity contribution in [2.24, 2.45) is 5.92 Å². The molecule has 1 aliphatic heterocycles. The lowest BCUT2D eigenvalue weighted by Gasteiger charge is -2.15. The van der Waals surface area contributed by atoms with E-state index in [4.69, 9.17) is 0 Å². The molecule has 1 unspecified atom stereocenters. The summed E-state index contributed by atoms with van der Waals surface area (Å²) in [6.07, 6.45) is 4.67. The zero-order valence-electron chi connectivity index (χ0n) is 12.1. The van der Waals surface area contributed by atoms with E-state index in [1.807, 2.05) is 0 Å². The van der Waals surface area contributed by atoms with Gasteiger partial charge in [-0.3, -0.25) is 9.59 Å². The lowest BCUT2D eigenvalue weighted by molar-refractivity contribution is -0.123. The van der Waals surface area contributed by atoms with E-state index in [0.29, 0.717) is 25.4 Å². The Kier molecular flexibility index (Phi) is 7.48. The highest BCUT2D eigenvalue weighted by molar-refractivity contribution is 5.82. The lowest BCUT2D eigenvalue weighted by atomic mass is 10.1. The first-order chi connectivity index (χ1) is 9.09. The molecular weight excluding hydrogens is 242 g/mol. The fourth-order valence-corrected chi connectivity index (χ4v) is 2.08. The quantitative estimate of drug-likeness (QED) is 0.668. The SMILES string of the molecule is CC(C)CNC(=O)CCNC(=O)C1CCCCCN1. The van der Waals surface area contributed by atoms with Crippen molar-refractivity contribution in [1.82, 2.24) is 16.0 Å². The predicted molar refractivity (Wildman–Crippen MR) is 75.7 cm³/mol. The molecule has 0 aromatic rings. The molecule has 5 heteroatoms. The first-order valence-electron chi connectivity index (χ1n) is 7.37. The van der Waals surface area contributed by atoms with Gasteiger partial charge in [-0.05, 0) is 25.3 Å². The van der Waals surface area contributed by atoms with Crippen LogP contribution in [0.4, 0.5) is 0 Å². The van der Waals surface area contributed by atoms with Gasteiger partial charge < -0.3 is 16.0 Å². The summed E-state index contributed by atoms with van der Waals surface area (Å²) in [5, 5.41) is 8.92. The van der Waals surface area contributed by atoms with Crippen LogP contribution in [-0.2, 0) is 9.59 Å². The highest BCUT2D eigenvalue weighted by atomic mass is 16.2. The average Bonchev–Trinajstić information content (AvgIpc) is 2.65. The fraction of sp³-hybridized carbons (Fsp3) is 0.857. The monoisotopic (exact) mass is 269 g/mol. The summed E-state index contributed by atoms with van der Waals surface area (Å²) in [6.45, 7) is 6.13. The van der Waals surface area contributed by atoms with Crippen LogP contribution in [0.1, 0.15) is 46.0 Å². The maximum atomic E-state index is 11.9. The van der Waals surface area contributed by atoms with Crippen LogP contribution in [-0.4, -0.2) is 37.5 Å². The van der Waals surface area contributed by atoms with Crippen molar-refractivity contribution < 1.29 is 9.59 Å². The van der Waals surface area contributed by atoms with Gasteiger partial charge in [0.2, 0.25) is 11.8 Å². The Labute approximate surface area is 115 Å². The maximum absolute atomic E-state index is 11.9. The molecule has 0 spiro atoms. The number of amides is 2. The normalized spacial score (nSPS) is 19.8. The second-order valence-corrected chi connectivity index (χ2v) is 5.59. The van der Waals surface area contributed by atoms with Gasteiger partial charge >= 0.3 is 0 Å². The molecule has 1 heterocycles. The van der Waals surface area contributed by atoms with E-state index >= 15 is 0 Å². The Morgan fingerprint density at radius 3 is 2.74 bits per heavy atom. The lowest BCUT2D eigenvalue weighted by Crippen LogP contribution is -2.44. The van der Waals surface area contributed by atoms with Gasteiger partial charge in [0.05, 0.1) is 6.04 Å². The molecule has 1 aliphatic rings. The third-order valence-electron chi connectivity index (χ3n) is 3.24. The minimum Gasteiger partial charge on any atom is -0.356 e. The number of hydrogen-bond donors (Lipinski definition) is 3. The summed E-state index contributed by atoms with van der Waals surface area (Å²) in [6, 6.07) is -0.0822. The van der Waals surface area contributed by atoms with E-state index in [1.54, 1.807) is 0 Å². The van der Waals surface area contributed by atoms with Gasteiger partial charge in [-0.25, -0.2) is 0 Å². The van der Waals surface area contributed by atoms with Gasteiger partial charge in [0, 0.05) is 19.5 Å². The molecule has 3 N–H and O–H groups in total. The third kappa shape index (κ3) is 7.15. The van der Waals surface area contributed by atoms with Crippen LogP contribution in [0.25, 0.3) is 0 Å². The van der Waals surface area contributed by atoms with E-state index in [0.717, 1.165) is 25.8 Å². The Balaban J connectivity index is 2.13. The molecule has 1 rings (SSSR count). The Morgan fingerprint density at radius 1 is 1.21 bits per heavy atom. The smallest absolute Gasteiger partial charge is 0.237 e. The summed E-state index contributed by atoms with van der Waals surface area (Å²) in [4.78, 5) is 23.4. The van der Waals surface area contributed by atoms with Gasteiger partial charge in [-0.2, -0.15) is 0 Å². The number of rotatable bonds is 6. The second kappa shape index (κ2) is 8.91. The van der Waals surface area contributed by atoms with Crippen molar-refractivity contribution in [2.45, 2.75) is 52.0 Å². The molecule has 0 bridgehead atoms. The molecule has 1 saturated heterocycles. The van der Waals surface area contributed by atoms with Crippen LogP contribution in [0.2, 0.25) is 0 Å². The summed E-state index contributed by atoms with van der Waals surface area (Å²) in [7, 11) is 0. The molecule has 1 fully saturated rings. The molecule has 0 radical (unpaired) electrons. The van der Waals surface area contributed by atoms with Gasteiger partial charge in [0.25, 0.3) is 0 Å². The molecule has 19 heavy (non-hydrogen) atoms. The Morgan fingerprint density at radius 2 is 2.00 bits per heavy atom. The summed E-state index contributed by atoms with van der Waals surface area (Å²) in [5.41, 5.74) is 0. The van der Waals surface area contributed by atoms with Crippen molar-refractivity contribution in [3.63, 3.8) is 0 Å². The van der Waals surface area contributed by atoms with Crippen molar-refractivity contribution in [3.8, 4) is 0 Å². The van der Waals surface area contributed by atoms with Gasteiger partial charge in [0.15, 0.2) is 0 Å². The molecule has 0 aromatic heterocycles. The van der Waals surface area contributed by atoms with Crippen molar-refractivity contribution >= 4 is 11.8 Å². The first-order valence-corrected chi connectivity index (χ1v) is 7.37. The number of nitrogens with one attached hydrogen (secondary N) is 3. The summed E-state index contributed by atoms with van der Waals surface area (Å²) < 4.78 is 0. The molecular formula is C14H27N3O2. The second-order valence-electron chi connectivity index (χ2n) is 5.59. The molecule has 2 amide bonds. The van der Waals surface area contributed by atoms with E-state index in [1.165, 1.54) is 6.42 Å². The molecule has 0 aromatic carbocycles. The van der Waals surface area contributed by atoms with Crippen LogP contribution in [0.5, 0.6) is 0 Å². The van der Waals surface area contributed by atoms with Gasteiger partial charge in [-0.1, -0.05) is 26.7 Å². The van der Waals surface area contributed by atoms with Crippen LogP contribution < -0.4 is 16.0 Å². The largest absolute Gasteiger partial charge is 0.356 e.